The minimum atomic E-state index is -0.451. The molecule has 4 rings (SSSR count). The van der Waals surface area contributed by atoms with Crippen LogP contribution in [0.2, 0.25) is 0 Å². The van der Waals surface area contributed by atoms with E-state index >= 15 is 0 Å². The van der Waals surface area contributed by atoms with Gasteiger partial charge in [-0.05, 0) is 67.8 Å². The Labute approximate surface area is 154 Å². The molecule has 0 radical (unpaired) electrons. The SMILES string of the molecule is COc1ccc2cc[nH]c2c1-c1cc(C)c2c(c1)C(C)C(O)C(C)(C)N2. The number of methoxy groups -OCH3 is 1. The number of aromatic nitrogens is 1. The first kappa shape index (κ1) is 17.0. The molecule has 3 aromatic rings. The maximum absolute atomic E-state index is 10.8. The molecule has 0 fully saturated rings. The molecule has 1 aromatic heterocycles. The van der Waals surface area contributed by atoms with Crippen molar-refractivity contribution in [2.24, 2.45) is 0 Å². The molecule has 4 heteroatoms. The van der Waals surface area contributed by atoms with Crippen molar-refractivity contribution in [1.29, 1.82) is 0 Å². The molecule has 136 valence electrons. The molecule has 0 aliphatic carbocycles. The molecule has 0 saturated heterocycles. The van der Waals surface area contributed by atoms with E-state index in [2.05, 4.69) is 48.4 Å². The van der Waals surface area contributed by atoms with Gasteiger partial charge in [-0.15, -0.1) is 0 Å². The van der Waals surface area contributed by atoms with Gasteiger partial charge in [-0.3, -0.25) is 0 Å². The number of ether oxygens (including phenoxy) is 1. The van der Waals surface area contributed by atoms with E-state index in [1.54, 1.807) is 7.11 Å². The quantitative estimate of drug-likeness (QED) is 0.621. The van der Waals surface area contributed by atoms with Crippen LogP contribution in [0.4, 0.5) is 5.69 Å². The van der Waals surface area contributed by atoms with Crippen LogP contribution in [0.15, 0.2) is 36.5 Å². The molecule has 2 atom stereocenters. The second kappa shape index (κ2) is 5.78. The minimum Gasteiger partial charge on any atom is -0.496 e. The van der Waals surface area contributed by atoms with Gasteiger partial charge in [-0.1, -0.05) is 6.92 Å². The van der Waals surface area contributed by atoms with Crippen molar-refractivity contribution in [3.63, 3.8) is 0 Å². The Morgan fingerprint density at radius 2 is 1.92 bits per heavy atom. The summed E-state index contributed by atoms with van der Waals surface area (Å²) < 4.78 is 5.66. The highest BCUT2D eigenvalue weighted by atomic mass is 16.5. The lowest BCUT2D eigenvalue weighted by Gasteiger charge is -2.43. The van der Waals surface area contributed by atoms with Gasteiger partial charge >= 0.3 is 0 Å². The molecule has 0 saturated carbocycles. The standard InChI is InChI=1S/C22H26N2O2/c1-12-10-15(11-16-13(2)21(25)22(3,4)24-19(12)16)18-17(26-5)7-6-14-8-9-23-20(14)18/h6-11,13,21,23-25H,1-5H3. The fraction of sp³-hybridized carbons (Fsp3) is 0.364. The second-order valence-corrected chi connectivity index (χ2v) is 7.92. The monoisotopic (exact) mass is 350 g/mol. The van der Waals surface area contributed by atoms with Crippen LogP contribution in [0, 0.1) is 6.92 Å². The summed E-state index contributed by atoms with van der Waals surface area (Å²) in [6.07, 6.45) is 1.50. The molecule has 3 N–H and O–H groups in total. The third-order valence-corrected chi connectivity index (χ3v) is 5.72. The maximum atomic E-state index is 10.8. The van der Waals surface area contributed by atoms with Crippen LogP contribution in [-0.2, 0) is 0 Å². The Morgan fingerprint density at radius 1 is 1.15 bits per heavy atom. The number of hydrogen-bond acceptors (Lipinski definition) is 3. The number of nitrogens with one attached hydrogen (secondary N) is 2. The molecule has 0 spiro atoms. The smallest absolute Gasteiger partial charge is 0.128 e. The maximum Gasteiger partial charge on any atom is 0.128 e. The Morgan fingerprint density at radius 3 is 2.65 bits per heavy atom. The van der Waals surface area contributed by atoms with Gasteiger partial charge in [0, 0.05) is 28.8 Å². The normalized spacial score (nSPS) is 21.3. The van der Waals surface area contributed by atoms with Crippen molar-refractivity contribution in [3.8, 4) is 16.9 Å². The van der Waals surface area contributed by atoms with Crippen molar-refractivity contribution in [3.05, 3.63) is 47.7 Å². The minimum absolute atomic E-state index is 0.0498. The summed E-state index contributed by atoms with van der Waals surface area (Å²) in [4.78, 5) is 3.35. The van der Waals surface area contributed by atoms with E-state index in [0.29, 0.717) is 0 Å². The second-order valence-electron chi connectivity index (χ2n) is 7.92. The number of fused-ring (bicyclic) bond motifs is 2. The molecular weight excluding hydrogens is 324 g/mol. The predicted octanol–water partition coefficient (Wildman–Crippen LogP) is 4.82. The summed E-state index contributed by atoms with van der Waals surface area (Å²) in [6.45, 7) is 8.32. The van der Waals surface area contributed by atoms with E-state index in [1.807, 2.05) is 26.1 Å². The number of hydrogen-bond donors (Lipinski definition) is 3. The predicted molar refractivity (Wildman–Crippen MR) is 107 cm³/mol. The Balaban J connectivity index is 1.97. The number of H-pyrrole nitrogens is 1. The lowest BCUT2D eigenvalue weighted by atomic mass is 9.77. The summed E-state index contributed by atoms with van der Waals surface area (Å²) >= 11 is 0. The first-order chi connectivity index (χ1) is 12.3. The van der Waals surface area contributed by atoms with E-state index in [-0.39, 0.29) is 11.5 Å². The number of rotatable bonds is 2. The summed E-state index contributed by atoms with van der Waals surface area (Å²) in [5.74, 6) is 0.894. The number of benzene rings is 2. The highest BCUT2D eigenvalue weighted by molar-refractivity contribution is 5.98. The molecule has 2 aromatic carbocycles. The molecule has 1 aliphatic heterocycles. The largest absolute Gasteiger partial charge is 0.496 e. The lowest BCUT2D eigenvalue weighted by molar-refractivity contribution is 0.0869. The molecule has 1 aliphatic rings. The average Bonchev–Trinajstić information content (AvgIpc) is 3.08. The third kappa shape index (κ3) is 2.40. The summed E-state index contributed by atoms with van der Waals surface area (Å²) in [7, 11) is 1.70. The van der Waals surface area contributed by atoms with Gasteiger partial charge in [-0.25, -0.2) is 0 Å². The molecule has 2 unspecified atom stereocenters. The Hall–Kier alpha value is -2.46. The van der Waals surface area contributed by atoms with Crippen LogP contribution in [0.1, 0.15) is 37.8 Å². The average molecular weight is 350 g/mol. The zero-order valence-electron chi connectivity index (χ0n) is 16.0. The van der Waals surface area contributed by atoms with E-state index in [4.69, 9.17) is 4.74 Å². The number of anilines is 1. The molecular formula is C22H26N2O2. The first-order valence-corrected chi connectivity index (χ1v) is 9.08. The van der Waals surface area contributed by atoms with E-state index in [1.165, 1.54) is 5.56 Å². The van der Waals surface area contributed by atoms with Gasteiger partial charge in [0.15, 0.2) is 0 Å². The van der Waals surface area contributed by atoms with E-state index < -0.39 is 6.10 Å². The fourth-order valence-corrected chi connectivity index (χ4v) is 4.25. The number of aryl methyl sites for hydroxylation is 1. The van der Waals surface area contributed by atoms with Crippen molar-refractivity contribution in [2.75, 3.05) is 12.4 Å². The number of aromatic amines is 1. The van der Waals surface area contributed by atoms with E-state index in [9.17, 15) is 5.11 Å². The van der Waals surface area contributed by atoms with Crippen molar-refractivity contribution < 1.29 is 9.84 Å². The van der Waals surface area contributed by atoms with Gasteiger partial charge in [0.25, 0.3) is 0 Å². The van der Waals surface area contributed by atoms with Crippen LogP contribution < -0.4 is 10.1 Å². The summed E-state index contributed by atoms with van der Waals surface area (Å²) in [5.41, 5.74) is 6.34. The fourth-order valence-electron chi connectivity index (χ4n) is 4.25. The Kier molecular flexibility index (Phi) is 3.77. The van der Waals surface area contributed by atoms with Crippen LogP contribution >= 0.6 is 0 Å². The van der Waals surface area contributed by atoms with Crippen molar-refractivity contribution >= 4 is 16.6 Å². The Bertz CT molecular complexity index is 987. The van der Waals surface area contributed by atoms with Crippen molar-refractivity contribution in [1.82, 2.24) is 4.98 Å². The third-order valence-electron chi connectivity index (χ3n) is 5.72. The van der Waals surface area contributed by atoms with Gasteiger partial charge in [0.05, 0.1) is 24.3 Å². The van der Waals surface area contributed by atoms with Crippen LogP contribution in [-0.4, -0.2) is 28.8 Å². The summed E-state index contributed by atoms with van der Waals surface area (Å²) in [5, 5.41) is 15.4. The first-order valence-electron chi connectivity index (χ1n) is 9.08. The zero-order valence-corrected chi connectivity index (χ0v) is 16.0. The van der Waals surface area contributed by atoms with Crippen molar-refractivity contribution in [2.45, 2.75) is 45.3 Å². The molecule has 2 heterocycles. The van der Waals surface area contributed by atoms with Gasteiger partial charge in [0.1, 0.15) is 5.75 Å². The van der Waals surface area contributed by atoms with Gasteiger partial charge in [0.2, 0.25) is 0 Å². The van der Waals surface area contributed by atoms with Crippen LogP contribution in [0.5, 0.6) is 5.75 Å². The van der Waals surface area contributed by atoms with E-state index in [0.717, 1.165) is 39.0 Å². The summed E-state index contributed by atoms with van der Waals surface area (Å²) in [6, 6.07) is 10.5. The molecule has 26 heavy (non-hydrogen) atoms. The molecule has 0 amide bonds. The highest BCUT2D eigenvalue weighted by Gasteiger charge is 2.39. The highest BCUT2D eigenvalue weighted by Crippen LogP contribution is 2.45. The van der Waals surface area contributed by atoms with Crippen LogP contribution in [0.3, 0.4) is 0 Å². The zero-order chi connectivity index (χ0) is 18.6. The van der Waals surface area contributed by atoms with Crippen LogP contribution in [0.25, 0.3) is 22.0 Å². The lowest BCUT2D eigenvalue weighted by Crippen LogP contribution is -2.50. The topological polar surface area (TPSA) is 57.3 Å². The molecule has 4 nitrogen and oxygen atoms in total. The number of aliphatic hydroxyl groups excluding tert-OH is 1. The molecule has 0 bridgehead atoms. The number of aliphatic hydroxyl groups is 1. The van der Waals surface area contributed by atoms with Gasteiger partial charge < -0.3 is 20.1 Å². The van der Waals surface area contributed by atoms with Gasteiger partial charge in [-0.2, -0.15) is 0 Å².